The van der Waals surface area contributed by atoms with Gasteiger partial charge in [-0.3, -0.25) is 4.79 Å². The lowest BCUT2D eigenvalue weighted by atomic mass is 10.0. The Morgan fingerprint density at radius 1 is 1.40 bits per heavy atom. The minimum Gasteiger partial charge on any atom is -0.481 e. The molecular formula is C11H20N2O2. The second-order valence-corrected chi connectivity index (χ2v) is 4.81. The maximum atomic E-state index is 10.8. The molecule has 15 heavy (non-hydrogen) atoms. The van der Waals surface area contributed by atoms with Crippen molar-refractivity contribution < 1.29 is 9.90 Å². The van der Waals surface area contributed by atoms with Gasteiger partial charge in [0.2, 0.25) is 0 Å². The molecule has 3 N–H and O–H groups in total. The third kappa shape index (κ3) is 2.92. The van der Waals surface area contributed by atoms with E-state index in [1.54, 1.807) is 0 Å². The Morgan fingerprint density at radius 3 is 2.87 bits per heavy atom. The van der Waals surface area contributed by atoms with E-state index in [0.29, 0.717) is 12.0 Å². The van der Waals surface area contributed by atoms with Gasteiger partial charge < -0.3 is 15.7 Å². The van der Waals surface area contributed by atoms with Gasteiger partial charge in [-0.1, -0.05) is 0 Å². The summed E-state index contributed by atoms with van der Waals surface area (Å²) in [6.45, 7) is 3.17. The van der Waals surface area contributed by atoms with E-state index >= 15 is 0 Å². The standard InChI is InChI=1S/C11H20N2O2/c14-11(15)9-2-1-8(5-9)6-13-10-3-4-12-7-10/h8-10,12-13H,1-7H2,(H,14,15). The van der Waals surface area contributed by atoms with Crippen molar-refractivity contribution in [2.45, 2.75) is 31.7 Å². The van der Waals surface area contributed by atoms with E-state index in [1.165, 1.54) is 6.42 Å². The van der Waals surface area contributed by atoms with Crippen molar-refractivity contribution >= 4 is 5.97 Å². The predicted molar refractivity (Wildman–Crippen MR) is 57.7 cm³/mol. The van der Waals surface area contributed by atoms with Gasteiger partial charge in [0, 0.05) is 12.6 Å². The molecule has 2 fully saturated rings. The number of rotatable bonds is 4. The second-order valence-electron chi connectivity index (χ2n) is 4.81. The summed E-state index contributed by atoms with van der Waals surface area (Å²) in [4.78, 5) is 10.8. The van der Waals surface area contributed by atoms with Gasteiger partial charge in [0.25, 0.3) is 0 Å². The zero-order chi connectivity index (χ0) is 10.7. The molecule has 4 heteroatoms. The molecule has 1 saturated carbocycles. The Labute approximate surface area is 90.4 Å². The van der Waals surface area contributed by atoms with Gasteiger partial charge in [0.1, 0.15) is 0 Å². The van der Waals surface area contributed by atoms with Crippen molar-refractivity contribution in [1.29, 1.82) is 0 Å². The smallest absolute Gasteiger partial charge is 0.306 e. The van der Waals surface area contributed by atoms with Gasteiger partial charge in [-0.2, -0.15) is 0 Å². The fraction of sp³-hybridized carbons (Fsp3) is 0.909. The van der Waals surface area contributed by atoms with Crippen LogP contribution in [0.5, 0.6) is 0 Å². The molecule has 1 saturated heterocycles. The van der Waals surface area contributed by atoms with Crippen LogP contribution in [0.4, 0.5) is 0 Å². The van der Waals surface area contributed by atoms with E-state index in [-0.39, 0.29) is 5.92 Å². The lowest BCUT2D eigenvalue weighted by molar-refractivity contribution is -0.141. The molecule has 0 aromatic heterocycles. The molecule has 4 nitrogen and oxygen atoms in total. The highest BCUT2D eigenvalue weighted by atomic mass is 16.4. The Balaban J connectivity index is 1.66. The first-order valence-electron chi connectivity index (χ1n) is 5.92. The van der Waals surface area contributed by atoms with Crippen molar-refractivity contribution in [3.63, 3.8) is 0 Å². The van der Waals surface area contributed by atoms with Crippen LogP contribution in [-0.2, 0) is 4.79 Å². The highest BCUT2D eigenvalue weighted by Crippen LogP contribution is 2.30. The SMILES string of the molecule is O=C(O)C1CCC(CNC2CCNC2)C1. The largest absolute Gasteiger partial charge is 0.481 e. The Kier molecular flexibility index (Phi) is 3.59. The molecule has 0 aromatic carbocycles. The van der Waals surface area contributed by atoms with E-state index in [4.69, 9.17) is 5.11 Å². The fourth-order valence-electron chi connectivity index (χ4n) is 2.65. The quantitative estimate of drug-likeness (QED) is 0.633. The van der Waals surface area contributed by atoms with Crippen molar-refractivity contribution in [3.05, 3.63) is 0 Å². The van der Waals surface area contributed by atoms with Crippen molar-refractivity contribution in [1.82, 2.24) is 10.6 Å². The third-order valence-corrected chi connectivity index (χ3v) is 3.65. The first-order valence-corrected chi connectivity index (χ1v) is 5.92. The van der Waals surface area contributed by atoms with Crippen LogP contribution in [0.2, 0.25) is 0 Å². The molecule has 0 amide bonds. The fourth-order valence-corrected chi connectivity index (χ4v) is 2.65. The van der Waals surface area contributed by atoms with Crippen LogP contribution in [0.3, 0.4) is 0 Å². The van der Waals surface area contributed by atoms with E-state index in [2.05, 4.69) is 10.6 Å². The normalized spacial score (nSPS) is 35.9. The van der Waals surface area contributed by atoms with E-state index in [0.717, 1.165) is 38.9 Å². The minimum absolute atomic E-state index is 0.0847. The lowest BCUT2D eigenvalue weighted by Gasteiger charge is -2.15. The molecule has 2 rings (SSSR count). The first kappa shape index (κ1) is 10.9. The molecule has 1 heterocycles. The Bertz CT molecular complexity index is 227. The molecule has 1 aliphatic carbocycles. The summed E-state index contributed by atoms with van der Waals surface area (Å²) < 4.78 is 0. The van der Waals surface area contributed by atoms with E-state index in [9.17, 15) is 4.79 Å². The van der Waals surface area contributed by atoms with Crippen LogP contribution in [-0.4, -0.2) is 36.8 Å². The molecule has 0 aromatic rings. The van der Waals surface area contributed by atoms with Gasteiger partial charge in [-0.25, -0.2) is 0 Å². The molecule has 3 atom stereocenters. The number of carbonyl (C=O) groups is 1. The molecule has 0 radical (unpaired) electrons. The first-order chi connectivity index (χ1) is 7.25. The maximum absolute atomic E-state index is 10.8. The topological polar surface area (TPSA) is 61.4 Å². The summed E-state index contributed by atoms with van der Waals surface area (Å²) >= 11 is 0. The molecule has 0 bridgehead atoms. The number of hydrogen-bond donors (Lipinski definition) is 3. The van der Waals surface area contributed by atoms with E-state index < -0.39 is 5.97 Å². The Hall–Kier alpha value is -0.610. The van der Waals surface area contributed by atoms with Crippen LogP contribution >= 0.6 is 0 Å². The molecule has 0 spiro atoms. The number of carboxylic acid groups (broad SMARTS) is 1. The van der Waals surface area contributed by atoms with Gasteiger partial charge in [0.15, 0.2) is 0 Å². The minimum atomic E-state index is -0.611. The van der Waals surface area contributed by atoms with Crippen molar-refractivity contribution in [2.75, 3.05) is 19.6 Å². The summed E-state index contributed by atoms with van der Waals surface area (Å²) in [5.41, 5.74) is 0. The van der Waals surface area contributed by atoms with Gasteiger partial charge >= 0.3 is 5.97 Å². The summed E-state index contributed by atoms with van der Waals surface area (Å²) in [5.74, 6) is -0.120. The summed E-state index contributed by atoms with van der Waals surface area (Å²) in [6.07, 6.45) is 4.01. The monoisotopic (exact) mass is 212 g/mol. The highest BCUT2D eigenvalue weighted by molar-refractivity contribution is 5.70. The lowest BCUT2D eigenvalue weighted by Crippen LogP contribution is -2.34. The molecule has 3 unspecified atom stereocenters. The molecule has 2 aliphatic rings. The van der Waals surface area contributed by atoms with Gasteiger partial charge in [-0.15, -0.1) is 0 Å². The van der Waals surface area contributed by atoms with E-state index in [1.807, 2.05) is 0 Å². The molecular weight excluding hydrogens is 192 g/mol. The molecule has 86 valence electrons. The predicted octanol–water partition coefficient (Wildman–Crippen LogP) is 0.439. The summed E-state index contributed by atoms with van der Waals surface area (Å²) in [5, 5.41) is 15.7. The number of aliphatic carboxylic acids is 1. The summed E-state index contributed by atoms with van der Waals surface area (Å²) in [7, 11) is 0. The zero-order valence-corrected chi connectivity index (χ0v) is 9.04. The van der Waals surface area contributed by atoms with Crippen LogP contribution in [0.15, 0.2) is 0 Å². The zero-order valence-electron chi connectivity index (χ0n) is 9.04. The van der Waals surface area contributed by atoms with Gasteiger partial charge in [0.05, 0.1) is 5.92 Å². The molecule has 1 aliphatic heterocycles. The number of nitrogens with one attached hydrogen (secondary N) is 2. The van der Waals surface area contributed by atoms with Crippen molar-refractivity contribution in [3.8, 4) is 0 Å². The number of hydrogen-bond acceptors (Lipinski definition) is 3. The highest BCUT2D eigenvalue weighted by Gasteiger charge is 2.29. The average molecular weight is 212 g/mol. The van der Waals surface area contributed by atoms with Crippen LogP contribution < -0.4 is 10.6 Å². The van der Waals surface area contributed by atoms with Crippen LogP contribution in [0, 0.1) is 11.8 Å². The Morgan fingerprint density at radius 2 is 2.27 bits per heavy atom. The number of carboxylic acids is 1. The third-order valence-electron chi connectivity index (χ3n) is 3.65. The summed E-state index contributed by atoms with van der Waals surface area (Å²) in [6, 6.07) is 0.605. The van der Waals surface area contributed by atoms with Gasteiger partial charge in [-0.05, 0) is 44.7 Å². The average Bonchev–Trinajstić information content (AvgIpc) is 2.86. The maximum Gasteiger partial charge on any atom is 0.306 e. The van der Waals surface area contributed by atoms with Crippen LogP contribution in [0.1, 0.15) is 25.7 Å². The van der Waals surface area contributed by atoms with Crippen LogP contribution in [0.25, 0.3) is 0 Å². The second kappa shape index (κ2) is 4.94. The van der Waals surface area contributed by atoms with Crippen molar-refractivity contribution in [2.24, 2.45) is 11.8 Å².